The van der Waals surface area contributed by atoms with Crippen LogP contribution in [-0.2, 0) is 19.3 Å². The van der Waals surface area contributed by atoms with E-state index < -0.39 is 11.9 Å². The highest BCUT2D eigenvalue weighted by Gasteiger charge is 2.38. The molecule has 116 valence electrons. The molecule has 0 saturated carbocycles. The molecule has 0 atom stereocenters. The largest absolute Gasteiger partial charge is 0.433 e. The first-order chi connectivity index (χ1) is 9.00. The molecule has 0 aliphatic rings. The Labute approximate surface area is 118 Å². The average molecular weight is 291 g/mol. The Balaban J connectivity index is 2.95. The van der Waals surface area contributed by atoms with Gasteiger partial charge in [-0.05, 0) is 33.1 Å². The van der Waals surface area contributed by atoms with E-state index in [1.54, 1.807) is 0 Å². The minimum absolute atomic E-state index is 0.167. The number of alkyl halides is 3. The van der Waals surface area contributed by atoms with Crippen molar-refractivity contribution in [1.82, 2.24) is 15.1 Å². The molecule has 1 heterocycles. The van der Waals surface area contributed by atoms with E-state index in [0.717, 1.165) is 4.68 Å². The van der Waals surface area contributed by atoms with Crippen LogP contribution in [0.1, 0.15) is 52.3 Å². The molecule has 6 heteroatoms. The van der Waals surface area contributed by atoms with Crippen LogP contribution >= 0.6 is 0 Å². The molecule has 0 unspecified atom stereocenters. The van der Waals surface area contributed by atoms with E-state index in [1.807, 2.05) is 34.6 Å². The number of hydrogen-bond acceptors (Lipinski definition) is 2. The summed E-state index contributed by atoms with van der Waals surface area (Å²) in [5.41, 5.74) is -0.658. The molecule has 0 spiro atoms. The summed E-state index contributed by atoms with van der Waals surface area (Å²) in [6.07, 6.45) is -2.37. The predicted octanol–water partition coefficient (Wildman–Crippen LogP) is 3.84. The summed E-state index contributed by atoms with van der Waals surface area (Å²) in [7, 11) is 0. The maximum absolute atomic E-state index is 13.2. The van der Waals surface area contributed by atoms with Crippen molar-refractivity contribution in [3.63, 3.8) is 0 Å². The van der Waals surface area contributed by atoms with Gasteiger partial charge in [-0.15, -0.1) is 0 Å². The fourth-order valence-corrected chi connectivity index (χ4v) is 1.79. The van der Waals surface area contributed by atoms with Gasteiger partial charge in [-0.1, -0.05) is 13.8 Å². The number of aryl methyl sites for hydroxylation is 1. The van der Waals surface area contributed by atoms with E-state index >= 15 is 0 Å². The molecule has 0 saturated heterocycles. The van der Waals surface area contributed by atoms with E-state index in [9.17, 15) is 13.2 Å². The van der Waals surface area contributed by atoms with Crippen molar-refractivity contribution in [1.29, 1.82) is 0 Å². The second-order valence-corrected chi connectivity index (χ2v) is 6.53. The summed E-state index contributed by atoms with van der Waals surface area (Å²) in [4.78, 5) is 0. The standard InChI is InChI=1S/C14H24F3N3/c1-10(2)6-7-20-12(14(15,16)17)11(9-19-20)8-18-13(3,4)5/h9-10,18H,6-8H2,1-5H3. The van der Waals surface area contributed by atoms with Gasteiger partial charge in [-0.2, -0.15) is 18.3 Å². The van der Waals surface area contributed by atoms with Crippen molar-refractivity contribution in [2.45, 2.75) is 65.8 Å². The van der Waals surface area contributed by atoms with Crippen LogP contribution in [0, 0.1) is 5.92 Å². The number of aromatic nitrogens is 2. The number of hydrogen-bond donors (Lipinski definition) is 1. The van der Waals surface area contributed by atoms with Crippen LogP contribution in [-0.4, -0.2) is 15.3 Å². The Morgan fingerprint density at radius 3 is 2.30 bits per heavy atom. The van der Waals surface area contributed by atoms with Gasteiger partial charge in [0, 0.05) is 24.2 Å². The molecule has 0 aliphatic heterocycles. The third-order valence-corrected chi connectivity index (χ3v) is 2.91. The third kappa shape index (κ3) is 5.15. The minimum atomic E-state index is -4.37. The van der Waals surface area contributed by atoms with Gasteiger partial charge in [0.1, 0.15) is 5.69 Å². The van der Waals surface area contributed by atoms with Crippen LogP contribution in [0.2, 0.25) is 0 Å². The van der Waals surface area contributed by atoms with Crippen LogP contribution in [0.3, 0.4) is 0 Å². The number of nitrogens with one attached hydrogen (secondary N) is 1. The normalized spacial score (nSPS) is 13.2. The summed E-state index contributed by atoms with van der Waals surface area (Å²) in [5.74, 6) is 0.344. The van der Waals surface area contributed by atoms with Gasteiger partial charge < -0.3 is 5.32 Å². The fraction of sp³-hybridized carbons (Fsp3) is 0.786. The monoisotopic (exact) mass is 291 g/mol. The molecule has 20 heavy (non-hydrogen) atoms. The molecule has 1 rings (SSSR count). The van der Waals surface area contributed by atoms with Crippen molar-refractivity contribution >= 4 is 0 Å². The highest BCUT2D eigenvalue weighted by Crippen LogP contribution is 2.32. The van der Waals surface area contributed by atoms with Gasteiger partial charge in [0.2, 0.25) is 0 Å². The zero-order valence-corrected chi connectivity index (χ0v) is 12.8. The second-order valence-electron chi connectivity index (χ2n) is 6.53. The Kier molecular flexibility index (Phi) is 5.24. The number of nitrogens with zero attached hydrogens (tertiary/aromatic N) is 2. The van der Waals surface area contributed by atoms with E-state index in [2.05, 4.69) is 10.4 Å². The van der Waals surface area contributed by atoms with Gasteiger partial charge >= 0.3 is 6.18 Å². The topological polar surface area (TPSA) is 29.9 Å². The van der Waals surface area contributed by atoms with Gasteiger partial charge in [0.15, 0.2) is 0 Å². The molecule has 0 aliphatic carbocycles. The molecule has 1 aromatic rings. The predicted molar refractivity (Wildman–Crippen MR) is 73.3 cm³/mol. The maximum atomic E-state index is 13.2. The van der Waals surface area contributed by atoms with Crippen LogP contribution in [0.5, 0.6) is 0 Å². The second kappa shape index (κ2) is 6.16. The van der Waals surface area contributed by atoms with Crippen LogP contribution < -0.4 is 5.32 Å². The lowest BCUT2D eigenvalue weighted by molar-refractivity contribution is -0.145. The quantitative estimate of drug-likeness (QED) is 0.893. The smallest absolute Gasteiger partial charge is 0.308 e. The van der Waals surface area contributed by atoms with Gasteiger partial charge in [0.25, 0.3) is 0 Å². The average Bonchev–Trinajstić information content (AvgIpc) is 2.65. The third-order valence-electron chi connectivity index (χ3n) is 2.91. The fourth-order valence-electron chi connectivity index (χ4n) is 1.79. The highest BCUT2D eigenvalue weighted by atomic mass is 19.4. The Morgan fingerprint density at radius 2 is 1.85 bits per heavy atom. The Bertz CT molecular complexity index is 428. The lowest BCUT2D eigenvalue weighted by atomic mass is 10.1. The first-order valence-corrected chi connectivity index (χ1v) is 6.87. The highest BCUT2D eigenvalue weighted by molar-refractivity contribution is 5.21. The van der Waals surface area contributed by atoms with Gasteiger partial charge in [-0.25, -0.2) is 0 Å². The molecule has 0 aromatic carbocycles. The molecule has 3 nitrogen and oxygen atoms in total. The summed E-state index contributed by atoms with van der Waals surface area (Å²) < 4.78 is 40.7. The SMILES string of the molecule is CC(C)CCn1ncc(CNC(C)(C)C)c1C(F)(F)F. The zero-order chi connectivity index (χ0) is 15.6. The number of halogens is 3. The first kappa shape index (κ1) is 17.0. The Hall–Kier alpha value is -1.04. The summed E-state index contributed by atoms with van der Waals surface area (Å²) >= 11 is 0. The lowest BCUT2D eigenvalue weighted by Crippen LogP contribution is -2.35. The summed E-state index contributed by atoms with van der Waals surface area (Å²) in [6.45, 7) is 10.2. The van der Waals surface area contributed by atoms with E-state index in [4.69, 9.17) is 0 Å². The zero-order valence-electron chi connectivity index (χ0n) is 12.8. The van der Waals surface area contributed by atoms with Crippen LogP contribution in [0.25, 0.3) is 0 Å². The van der Waals surface area contributed by atoms with E-state index in [1.165, 1.54) is 6.20 Å². The van der Waals surface area contributed by atoms with Crippen molar-refractivity contribution in [3.05, 3.63) is 17.5 Å². The molecule has 0 fully saturated rings. The van der Waals surface area contributed by atoms with E-state index in [0.29, 0.717) is 18.9 Å². The van der Waals surface area contributed by atoms with Crippen molar-refractivity contribution in [2.75, 3.05) is 0 Å². The van der Waals surface area contributed by atoms with E-state index in [-0.39, 0.29) is 17.6 Å². The van der Waals surface area contributed by atoms with Crippen LogP contribution in [0.4, 0.5) is 13.2 Å². The minimum Gasteiger partial charge on any atom is -0.308 e. The molecule has 0 amide bonds. The summed E-state index contributed by atoms with van der Waals surface area (Å²) in [6, 6.07) is 0. The molecule has 1 N–H and O–H groups in total. The Morgan fingerprint density at radius 1 is 1.25 bits per heavy atom. The number of rotatable bonds is 5. The van der Waals surface area contributed by atoms with Crippen LogP contribution in [0.15, 0.2) is 6.20 Å². The lowest BCUT2D eigenvalue weighted by Gasteiger charge is -2.21. The van der Waals surface area contributed by atoms with Crippen molar-refractivity contribution in [3.8, 4) is 0 Å². The molecule has 1 aromatic heterocycles. The van der Waals surface area contributed by atoms with Gasteiger partial charge in [0.05, 0.1) is 6.20 Å². The van der Waals surface area contributed by atoms with Crippen molar-refractivity contribution in [2.24, 2.45) is 5.92 Å². The first-order valence-electron chi connectivity index (χ1n) is 6.87. The maximum Gasteiger partial charge on any atom is 0.433 e. The summed E-state index contributed by atoms with van der Waals surface area (Å²) in [5, 5.41) is 6.99. The molecular formula is C14H24F3N3. The van der Waals surface area contributed by atoms with Gasteiger partial charge in [-0.3, -0.25) is 4.68 Å². The molecular weight excluding hydrogens is 267 g/mol. The molecule has 0 bridgehead atoms. The molecule has 0 radical (unpaired) electrons. The van der Waals surface area contributed by atoms with Crippen molar-refractivity contribution < 1.29 is 13.2 Å².